The van der Waals surface area contributed by atoms with Crippen LogP contribution < -0.4 is 15.0 Å². The Labute approximate surface area is 246 Å². The average Bonchev–Trinajstić information content (AvgIpc) is 3.41. The molecule has 6 unspecified atom stereocenters. The van der Waals surface area contributed by atoms with Gasteiger partial charge in [0, 0.05) is 10.9 Å². The van der Waals surface area contributed by atoms with E-state index in [-0.39, 0.29) is 35.6 Å². The molecule has 212 valence electrons. The molecule has 0 aromatic heterocycles. The summed E-state index contributed by atoms with van der Waals surface area (Å²) in [7, 11) is 1.45. The highest BCUT2D eigenvalue weighted by Gasteiger charge is 2.69. The summed E-state index contributed by atoms with van der Waals surface area (Å²) in [4.78, 5) is 56.6. The highest BCUT2D eigenvalue weighted by Crippen LogP contribution is 2.64. The molecule has 3 aromatic carbocycles. The van der Waals surface area contributed by atoms with Gasteiger partial charge in [0.25, 0.3) is 0 Å². The molecule has 2 heterocycles. The Morgan fingerprint density at radius 1 is 0.952 bits per heavy atom. The van der Waals surface area contributed by atoms with Crippen molar-refractivity contribution in [2.75, 3.05) is 12.0 Å². The van der Waals surface area contributed by atoms with Gasteiger partial charge in [-0.05, 0) is 60.2 Å². The molecule has 2 N–H and O–H groups in total. The second-order valence-corrected chi connectivity index (χ2v) is 11.8. The summed E-state index contributed by atoms with van der Waals surface area (Å²) in [5.41, 5.74) is 1.06. The van der Waals surface area contributed by atoms with E-state index < -0.39 is 40.9 Å². The molecular formula is C33H27ClN2O6. The van der Waals surface area contributed by atoms with E-state index in [0.717, 1.165) is 5.57 Å². The number of methoxy groups -OCH3 is 1. The zero-order valence-electron chi connectivity index (χ0n) is 22.6. The summed E-state index contributed by atoms with van der Waals surface area (Å²) in [6.45, 7) is 0. The van der Waals surface area contributed by atoms with E-state index in [1.807, 2.05) is 36.4 Å². The topological polar surface area (TPSA) is 113 Å². The number of imide groups is 2. The Morgan fingerprint density at radius 2 is 1.74 bits per heavy atom. The lowest BCUT2D eigenvalue weighted by atomic mass is 9.49. The summed E-state index contributed by atoms with van der Waals surface area (Å²) in [6, 6.07) is 20.9. The van der Waals surface area contributed by atoms with Crippen LogP contribution in [0, 0.1) is 23.7 Å². The first-order valence-corrected chi connectivity index (χ1v) is 14.3. The fourth-order valence-corrected chi connectivity index (χ4v) is 8.10. The van der Waals surface area contributed by atoms with E-state index in [2.05, 4.69) is 5.32 Å². The van der Waals surface area contributed by atoms with Crippen molar-refractivity contribution in [3.63, 3.8) is 0 Å². The SMILES string of the molecule is COc1ccc(C2C3=CCC4C(=O)NC(=O)C4C3CC3C(=O)N(c4cccc(Cl)c4)C(=O)C32c2ccccc2)cc1O. The molecule has 8 nitrogen and oxygen atoms in total. The van der Waals surface area contributed by atoms with Gasteiger partial charge in [-0.2, -0.15) is 0 Å². The molecule has 2 aliphatic heterocycles. The monoisotopic (exact) mass is 582 g/mol. The van der Waals surface area contributed by atoms with Gasteiger partial charge in [0.15, 0.2) is 11.5 Å². The van der Waals surface area contributed by atoms with E-state index >= 15 is 4.79 Å². The van der Waals surface area contributed by atoms with Crippen LogP contribution in [0.15, 0.2) is 84.4 Å². The van der Waals surface area contributed by atoms with Crippen molar-refractivity contribution in [3.05, 3.63) is 101 Å². The molecule has 4 amide bonds. The summed E-state index contributed by atoms with van der Waals surface area (Å²) in [5, 5.41) is 13.8. The van der Waals surface area contributed by atoms with E-state index in [0.29, 0.717) is 28.3 Å². The standard InChI is InChI=1S/C33H27ClN2O6/c1-42-26-13-10-17(14-25(26)37)28-21-11-12-22-27(30(39)35-29(22)38)23(21)16-24-31(40)36(20-9-5-8-19(34)15-20)32(41)33(24,28)18-6-3-2-4-7-18/h2-11,13-15,22-24,27-28,37H,12,16H2,1H3,(H,35,38,39). The molecule has 2 aliphatic carbocycles. The van der Waals surface area contributed by atoms with Crippen LogP contribution in [0.5, 0.6) is 11.5 Å². The maximum atomic E-state index is 15.0. The molecule has 0 bridgehead atoms. The summed E-state index contributed by atoms with van der Waals surface area (Å²) in [6.07, 6.45) is 2.52. The fraction of sp³-hybridized carbons (Fsp3) is 0.273. The third-order valence-electron chi connectivity index (χ3n) is 9.55. The number of rotatable bonds is 4. The Kier molecular flexibility index (Phi) is 6.02. The first kappa shape index (κ1) is 26.5. The number of fused-ring (bicyclic) bond motifs is 4. The number of hydrogen-bond acceptors (Lipinski definition) is 6. The summed E-state index contributed by atoms with van der Waals surface area (Å²) >= 11 is 6.31. The molecular weight excluding hydrogens is 556 g/mol. The van der Waals surface area contributed by atoms with Gasteiger partial charge >= 0.3 is 0 Å². The quantitative estimate of drug-likeness (QED) is 0.346. The lowest BCUT2D eigenvalue weighted by molar-refractivity contribution is -0.128. The van der Waals surface area contributed by atoms with Crippen molar-refractivity contribution in [1.29, 1.82) is 0 Å². The zero-order valence-corrected chi connectivity index (χ0v) is 23.4. The van der Waals surface area contributed by atoms with Gasteiger partial charge in [-0.15, -0.1) is 0 Å². The maximum absolute atomic E-state index is 15.0. The number of nitrogens with zero attached hydrogens (tertiary/aromatic N) is 1. The zero-order chi connectivity index (χ0) is 29.3. The van der Waals surface area contributed by atoms with Crippen molar-refractivity contribution >= 4 is 40.9 Å². The van der Waals surface area contributed by atoms with Gasteiger partial charge in [-0.25, -0.2) is 4.90 Å². The average molecular weight is 583 g/mol. The van der Waals surface area contributed by atoms with E-state index in [1.165, 1.54) is 12.0 Å². The van der Waals surface area contributed by atoms with Gasteiger partial charge in [0.05, 0.1) is 36.0 Å². The molecule has 1 saturated carbocycles. The van der Waals surface area contributed by atoms with Gasteiger partial charge in [-0.3, -0.25) is 24.5 Å². The molecule has 2 saturated heterocycles. The third-order valence-corrected chi connectivity index (χ3v) is 9.78. The number of allylic oxidation sites excluding steroid dienone is 2. The van der Waals surface area contributed by atoms with Gasteiger partial charge in [-0.1, -0.05) is 65.7 Å². The number of benzene rings is 3. The normalized spacial score (nSPS) is 29.9. The number of phenolic OH excluding ortho intramolecular Hbond substituents is 1. The number of aromatic hydroxyl groups is 1. The fourth-order valence-electron chi connectivity index (χ4n) is 7.92. The number of amides is 4. The number of hydrogen-bond donors (Lipinski definition) is 2. The van der Waals surface area contributed by atoms with Crippen LogP contribution in [0.25, 0.3) is 0 Å². The molecule has 4 aliphatic rings. The highest BCUT2D eigenvalue weighted by molar-refractivity contribution is 6.32. The van der Waals surface area contributed by atoms with Gasteiger partial charge in [0.2, 0.25) is 23.6 Å². The Balaban J connectivity index is 1.52. The Morgan fingerprint density at radius 3 is 2.45 bits per heavy atom. The molecule has 3 fully saturated rings. The first-order chi connectivity index (χ1) is 20.3. The molecule has 42 heavy (non-hydrogen) atoms. The largest absolute Gasteiger partial charge is 0.504 e. The number of carbonyl (C=O) groups is 4. The molecule has 0 spiro atoms. The molecule has 6 atom stereocenters. The summed E-state index contributed by atoms with van der Waals surface area (Å²) < 4.78 is 5.30. The minimum absolute atomic E-state index is 0.108. The number of phenols is 1. The van der Waals surface area contributed by atoms with Gasteiger partial charge in [0.1, 0.15) is 0 Å². The van der Waals surface area contributed by atoms with E-state index in [9.17, 15) is 19.5 Å². The van der Waals surface area contributed by atoms with Crippen molar-refractivity contribution in [2.45, 2.75) is 24.2 Å². The minimum Gasteiger partial charge on any atom is -0.504 e. The van der Waals surface area contributed by atoms with Crippen LogP contribution in [-0.4, -0.2) is 35.8 Å². The number of anilines is 1. The smallest absolute Gasteiger partial charge is 0.246 e. The third kappa shape index (κ3) is 3.54. The second-order valence-electron chi connectivity index (χ2n) is 11.4. The predicted octanol–water partition coefficient (Wildman–Crippen LogP) is 4.50. The number of carbonyl (C=O) groups excluding carboxylic acids is 4. The van der Waals surface area contributed by atoms with Crippen LogP contribution in [0.4, 0.5) is 5.69 Å². The minimum atomic E-state index is -1.39. The lowest BCUT2D eigenvalue weighted by Crippen LogP contribution is -2.53. The van der Waals surface area contributed by atoms with Crippen molar-refractivity contribution in [3.8, 4) is 11.5 Å². The maximum Gasteiger partial charge on any atom is 0.246 e. The van der Waals surface area contributed by atoms with Crippen molar-refractivity contribution < 1.29 is 29.0 Å². The van der Waals surface area contributed by atoms with Gasteiger partial charge < -0.3 is 9.84 Å². The Hall–Kier alpha value is -4.43. The van der Waals surface area contributed by atoms with Crippen LogP contribution >= 0.6 is 11.6 Å². The highest BCUT2D eigenvalue weighted by atomic mass is 35.5. The van der Waals surface area contributed by atoms with Crippen molar-refractivity contribution in [2.24, 2.45) is 23.7 Å². The van der Waals surface area contributed by atoms with E-state index in [1.54, 1.807) is 42.5 Å². The van der Waals surface area contributed by atoms with Crippen LogP contribution in [0.2, 0.25) is 5.02 Å². The second kappa shape index (κ2) is 9.56. The van der Waals surface area contributed by atoms with Crippen LogP contribution in [0.1, 0.15) is 29.9 Å². The number of nitrogens with one attached hydrogen (secondary N) is 1. The number of ether oxygens (including phenoxy) is 1. The number of halogens is 1. The molecule has 0 radical (unpaired) electrons. The lowest BCUT2D eigenvalue weighted by Gasteiger charge is -2.50. The van der Waals surface area contributed by atoms with E-state index in [4.69, 9.17) is 16.3 Å². The molecule has 9 heteroatoms. The molecule has 3 aromatic rings. The predicted molar refractivity (Wildman–Crippen MR) is 154 cm³/mol. The van der Waals surface area contributed by atoms with Crippen LogP contribution in [0.3, 0.4) is 0 Å². The summed E-state index contributed by atoms with van der Waals surface area (Å²) in [5.74, 6) is -4.51. The van der Waals surface area contributed by atoms with Crippen molar-refractivity contribution in [1.82, 2.24) is 5.32 Å². The van der Waals surface area contributed by atoms with Crippen LogP contribution in [-0.2, 0) is 24.6 Å². The first-order valence-electron chi connectivity index (χ1n) is 13.9. The Bertz CT molecular complexity index is 1700. The molecule has 7 rings (SSSR count).